The molecule has 0 radical (unpaired) electrons. The molecule has 3 aromatic rings. The van der Waals surface area contributed by atoms with Gasteiger partial charge in [0.1, 0.15) is 6.54 Å². The van der Waals surface area contributed by atoms with Gasteiger partial charge in [0.15, 0.2) is 5.65 Å². The average molecular weight is 431 g/mol. The number of fused-ring (bicyclic) bond motifs is 1. The number of halogens is 1. The van der Waals surface area contributed by atoms with Crippen molar-refractivity contribution >= 4 is 32.9 Å². The molecule has 1 fully saturated rings. The molecule has 4 rings (SSSR count). The summed E-state index contributed by atoms with van der Waals surface area (Å²) in [5, 5.41) is 10.0. The average Bonchev–Trinajstić information content (AvgIpc) is 3.38. The molecule has 1 amide bonds. The van der Waals surface area contributed by atoms with Gasteiger partial charge in [0.05, 0.1) is 28.6 Å². The first-order valence-electron chi connectivity index (χ1n) is 9.25. The number of nitrogens with zero attached hydrogens (tertiary/aromatic N) is 6. The summed E-state index contributed by atoms with van der Waals surface area (Å²) in [6.07, 6.45) is 6.06. The van der Waals surface area contributed by atoms with Crippen molar-refractivity contribution < 1.29 is 4.79 Å². The van der Waals surface area contributed by atoms with E-state index in [0.29, 0.717) is 12.5 Å². The van der Waals surface area contributed by atoms with Gasteiger partial charge in [-0.25, -0.2) is 9.67 Å². The van der Waals surface area contributed by atoms with Crippen LogP contribution in [0.4, 0.5) is 0 Å². The summed E-state index contributed by atoms with van der Waals surface area (Å²) in [7, 11) is 1.81. The molecular weight excluding hydrogens is 408 g/mol. The van der Waals surface area contributed by atoms with E-state index < -0.39 is 0 Å². The van der Waals surface area contributed by atoms with Crippen molar-refractivity contribution in [2.24, 2.45) is 0 Å². The normalized spacial score (nSPS) is 14.1. The molecule has 3 aromatic heterocycles. The predicted octanol–water partition coefficient (Wildman–Crippen LogP) is 3.25. The summed E-state index contributed by atoms with van der Waals surface area (Å²) in [6.45, 7) is 5.47. The Bertz CT molecular complexity index is 1000. The van der Waals surface area contributed by atoms with Gasteiger partial charge in [-0.2, -0.15) is 10.2 Å². The molecule has 0 atom stereocenters. The zero-order valence-electron chi connectivity index (χ0n) is 15.8. The van der Waals surface area contributed by atoms with Crippen LogP contribution < -0.4 is 0 Å². The molecule has 8 heteroatoms. The Morgan fingerprint density at radius 2 is 2.15 bits per heavy atom. The van der Waals surface area contributed by atoms with Crippen molar-refractivity contribution in [3.8, 4) is 0 Å². The molecule has 0 bridgehead atoms. The maximum atomic E-state index is 12.8. The van der Waals surface area contributed by atoms with Gasteiger partial charge in [-0.3, -0.25) is 9.48 Å². The lowest BCUT2D eigenvalue weighted by Crippen LogP contribution is -2.31. The third-order valence-electron chi connectivity index (χ3n) is 5.15. The molecule has 1 aliphatic carbocycles. The summed E-state index contributed by atoms with van der Waals surface area (Å²) in [5.41, 5.74) is 4.06. The van der Waals surface area contributed by atoms with Crippen LogP contribution in [0.5, 0.6) is 0 Å². The minimum atomic E-state index is -0.00576. The molecule has 0 aromatic carbocycles. The second-order valence-electron chi connectivity index (χ2n) is 7.12. The first-order chi connectivity index (χ1) is 13.0. The number of aromatic nitrogens is 5. The first kappa shape index (κ1) is 18.2. The Hall–Kier alpha value is -2.22. The molecule has 1 saturated carbocycles. The lowest BCUT2D eigenvalue weighted by Gasteiger charge is -2.18. The van der Waals surface area contributed by atoms with Crippen LogP contribution in [0, 0.1) is 6.92 Å². The zero-order chi connectivity index (χ0) is 19.1. The van der Waals surface area contributed by atoms with Gasteiger partial charge >= 0.3 is 0 Å². The summed E-state index contributed by atoms with van der Waals surface area (Å²) in [4.78, 5) is 19.0. The topological polar surface area (TPSA) is 68.8 Å². The van der Waals surface area contributed by atoms with Crippen LogP contribution in [-0.4, -0.2) is 42.4 Å². The van der Waals surface area contributed by atoms with Gasteiger partial charge in [0.2, 0.25) is 5.91 Å². The summed E-state index contributed by atoms with van der Waals surface area (Å²) < 4.78 is 4.55. The van der Waals surface area contributed by atoms with E-state index in [4.69, 9.17) is 0 Å². The second-order valence-corrected chi connectivity index (χ2v) is 7.98. The first-order valence-corrected chi connectivity index (χ1v) is 10.0. The van der Waals surface area contributed by atoms with Crippen molar-refractivity contribution in [2.45, 2.75) is 52.2 Å². The fourth-order valence-corrected chi connectivity index (χ4v) is 3.96. The fourth-order valence-electron chi connectivity index (χ4n) is 3.53. The number of hydrogen-bond donors (Lipinski definition) is 0. The number of carbonyl (C=O) groups excluding carboxylic acids is 1. The van der Waals surface area contributed by atoms with Gasteiger partial charge in [0.25, 0.3) is 0 Å². The molecule has 7 nitrogen and oxygen atoms in total. The molecule has 0 unspecified atom stereocenters. The number of aryl methyl sites for hydroxylation is 2. The van der Waals surface area contributed by atoms with E-state index >= 15 is 0 Å². The summed E-state index contributed by atoms with van der Waals surface area (Å²) >= 11 is 3.52. The maximum absolute atomic E-state index is 12.8. The van der Waals surface area contributed by atoms with Gasteiger partial charge in [-0.1, -0.05) is 0 Å². The molecule has 0 saturated heterocycles. The zero-order valence-corrected chi connectivity index (χ0v) is 17.4. The van der Waals surface area contributed by atoms with Crippen LogP contribution >= 0.6 is 15.9 Å². The van der Waals surface area contributed by atoms with Gasteiger partial charge in [-0.05, 0) is 60.2 Å². The fraction of sp³-hybridized carbons (Fsp3) is 0.474. The molecule has 1 aliphatic rings. The van der Waals surface area contributed by atoms with Crippen LogP contribution in [0.1, 0.15) is 42.6 Å². The number of carbonyl (C=O) groups is 1. The van der Waals surface area contributed by atoms with Gasteiger partial charge in [0, 0.05) is 25.2 Å². The standard InChI is InChI=1S/C19H23BrN6O/c1-4-25-16(15(20)9-22-25)10-24(3)17(27)11-26-19-18(12(2)23-26)14(7-8-21-19)13-5-6-13/h7-9,13H,4-6,10-11H2,1-3H3. The van der Waals surface area contributed by atoms with Gasteiger partial charge < -0.3 is 4.90 Å². The predicted molar refractivity (Wildman–Crippen MR) is 106 cm³/mol. The van der Waals surface area contributed by atoms with E-state index in [2.05, 4.69) is 37.2 Å². The highest BCUT2D eigenvalue weighted by molar-refractivity contribution is 9.10. The van der Waals surface area contributed by atoms with Crippen LogP contribution in [0.2, 0.25) is 0 Å². The molecule has 27 heavy (non-hydrogen) atoms. The minimum absolute atomic E-state index is 0.00576. The number of rotatable bonds is 6. The maximum Gasteiger partial charge on any atom is 0.244 e. The van der Waals surface area contributed by atoms with Crippen molar-refractivity contribution in [1.29, 1.82) is 0 Å². The smallest absolute Gasteiger partial charge is 0.244 e. The highest BCUT2D eigenvalue weighted by atomic mass is 79.9. The number of likely N-dealkylation sites (N-methyl/N-ethyl adjacent to an activating group) is 1. The largest absolute Gasteiger partial charge is 0.338 e. The minimum Gasteiger partial charge on any atom is -0.338 e. The molecule has 0 N–H and O–H groups in total. The van der Waals surface area contributed by atoms with Crippen molar-refractivity contribution in [3.63, 3.8) is 0 Å². The van der Waals surface area contributed by atoms with Crippen molar-refractivity contribution in [3.05, 3.63) is 39.9 Å². The Morgan fingerprint density at radius 1 is 1.37 bits per heavy atom. The van der Waals surface area contributed by atoms with E-state index in [1.807, 2.05) is 31.8 Å². The molecule has 142 valence electrons. The van der Waals surface area contributed by atoms with E-state index in [-0.39, 0.29) is 12.5 Å². The van der Waals surface area contributed by atoms with Crippen molar-refractivity contribution in [1.82, 2.24) is 29.4 Å². The number of amides is 1. The summed E-state index contributed by atoms with van der Waals surface area (Å²) in [5.74, 6) is 0.616. The lowest BCUT2D eigenvalue weighted by molar-refractivity contribution is -0.131. The highest BCUT2D eigenvalue weighted by Crippen LogP contribution is 2.43. The monoisotopic (exact) mass is 430 g/mol. The van der Waals surface area contributed by atoms with Crippen LogP contribution in [0.15, 0.2) is 22.9 Å². The lowest BCUT2D eigenvalue weighted by atomic mass is 10.1. The van der Waals surface area contributed by atoms with Crippen LogP contribution in [-0.2, 0) is 24.4 Å². The molecule has 0 spiro atoms. The Labute approximate surface area is 166 Å². The SMILES string of the molecule is CCn1ncc(Br)c1CN(C)C(=O)Cn1nc(C)c2c(C3CC3)ccnc21. The van der Waals surface area contributed by atoms with Crippen molar-refractivity contribution in [2.75, 3.05) is 7.05 Å². The highest BCUT2D eigenvalue weighted by Gasteiger charge is 2.28. The van der Waals surface area contributed by atoms with E-state index in [1.165, 1.54) is 18.4 Å². The molecular formula is C19H23BrN6O. The Kier molecular flexibility index (Phi) is 4.75. The third-order valence-corrected chi connectivity index (χ3v) is 5.81. The molecule has 3 heterocycles. The quantitative estimate of drug-likeness (QED) is 0.601. The van der Waals surface area contributed by atoms with E-state index in [1.54, 1.807) is 15.8 Å². The van der Waals surface area contributed by atoms with Crippen LogP contribution in [0.3, 0.4) is 0 Å². The number of hydrogen-bond acceptors (Lipinski definition) is 4. The third kappa shape index (κ3) is 3.38. The van der Waals surface area contributed by atoms with E-state index in [0.717, 1.165) is 33.4 Å². The number of pyridine rings is 1. The van der Waals surface area contributed by atoms with Gasteiger partial charge in [-0.15, -0.1) is 0 Å². The van der Waals surface area contributed by atoms with E-state index in [9.17, 15) is 4.79 Å². The summed E-state index contributed by atoms with van der Waals surface area (Å²) in [6, 6.07) is 2.09. The second kappa shape index (κ2) is 7.07. The Balaban J connectivity index is 1.56. The molecule has 0 aliphatic heterocycles. The van der Waals surface area contributed by atoms with Crippen LogP contribution in [0.25, 0.3) is 11.0 Å². The Morgan fingerprint density at radius 3 is 2.85 bits per heavy atom.